The normalized spacial score (nSPS) is 19.6. The van der Waals surface area contributed by atoms with E-state index >= 15 is 0 Å². The predicted molar refractivity (Wildman–Crippen MR) is 69.7 cm³/mol. The van der Waals surface area contributed by atoms with E-state index in [0.29, 0.717) is 5.92 Å². The van der Waals surface area contributed by atoms with Crippen LogP contribution in [0.1, 0.15) is 50.5 Å². The lowest BCUT2D eigenvalue weighted by Crippen LogP contribution is -2.33. The summed E-state index contributed by atoms with van der Waals surface area (Å²) in [4.78, 5) is 0. The van der Waals surface area contributed by atoms with Gasteiger partial charge < -0.3 is 5.32 Å². The third kappa shape index (κ3) is 3.34. The average Bonchev–Trinajstić information content (AvgIpc) is 2.38. The molecule has 0 unspecified atom stereocenters. The molecule has 1 aromatic carbocycles. The van der Waals surface area contributed by atoms with Gasteiger partial charge in [-0.05, 0) is 24.3 Å². The van der Waals surface area contributed by atoms with Crippen LogP contribution in [-0.4, -0.2) is 12.6 Å². The molecule has 0 aliphatic heterocycles. The fraction of sp³-hybridized carbons (Fsp3) is 0.600. The molecule has 1 aliphatic rings. The molecule has 0 amide bonds. The summed E-state index contributed by atoms with van der Waals surface area (Å²) < 4.78 is 0. The van der Waals surface area contributed by atoms with Gasteiger partial charge in [0.05, 0.1) is 0 Å². The maximum Gasteiger partial charge on any atom is 0.00673 e. The fourth-order valence-electron chi connectivity index (χ4n) is 2.55. The quantitative estimate of drug-likeness (QED) is 0.810. The Bertz CT molecular complexity index is 288. The number of hydrogen-bond acceptors (Lipinski definition) is 1. The Morgan fingerprint density at radius 2 is 1.81 bits per heavy atom. The molecule has 1 N–H and O–H groups in total. The molecule has 16 heavy (non-hydrogen) atoms. The topological polar surface area (TPSA) is 12.0 Å². The average molecular weight is 217 g/mol. The fourth-order valence-corrected chi connectivity index (χ4v) is 2.55. The van der Waals surface area contributed by atoms with Gasteiger partial charge in [-0.2, -0.15) is 0 Å². The molecule has 1 saturated carbocycles. The van der Waals surface area contributed by atoms with Crippen molar-refractivity contribution in [1.82, 2.24) is 5.32 Å². The molecule has 1 fully saturated rings. The smallest absolute Gasteiger partial charge is 0.00673 e. The molecule has 1 atom stereocenters. The summed E-state index contributed by atoms with van der Waals surface area (Å²) in [6.07, 6.45) is 7.02. The van der Waals surface area contributed by atoms with E-state index in [1.807, 2.05) is 0 Å². The van der Waals surface area contributed by atoms with Crippen LogP contribution in [0.15, 0.2) is 30.3 Å². The van der Waals surface area contributed by atoms with Crippen LogP contribution < -0.4 is 5.32 Å². The molecular formula is C15H23N. The van der Waals surface area contributed by atoms with Gasteiger partial charge in [-0.1, -0.05) is 56.5 Å². The second-order valence-electron chi connectivity index (χ2n) is 5.05. The van der Waals surface area contributed by atoms with E-state index < -0.39 is 0 Å². The molecule has 1 heteroatoms. The predicted octanol–water partition coefficient (Wildman–Crippen LogP) is 3.71. The van der Waals surface area contributed by atoms with Crippen LogP contribution in [0.25, 0.3) is 0 Å². The van der Waals surface area contributed by atoms with E-state index in [4.69, 9.17) is 0 Å². The van der Waals surface area contributed by atoms with E-state index in [1.165, 1.54) is 37.7 Å². The van der Waals surface area contributed by atoms with Crippen molar-refractivity contribution in [3.05, 3.63) is 35.9 Å². The van der Waals surface area contributed by atoms with Crippen LogP contribution >= 0.6 is 0 Å². The molecule has 0 aromatic heterocycles. The number of nitrogens with one attached hydrogen (secondary N) is 1. The molecule has 2 rings (SSSR count). The van der Waals surface area contributed by atoms with Crippen LogP contribution in [0.5, 0.6) is 0 Å². The highest BCUT2D eigenvalue weighted by molar-refractivity contribution is 5.18. The zero-order chi connectivity index (χ0) is 11.2. The molecule has 0 bridgehead atoms. The molecular weight excluding hydrogens is 194 g/mol. The molecule has 0 heterocycles. The third-order valence-corrected chi connectivity index (χ3v) is 3.69. The van der Waals surface area contributed by atoms with Crippen molar-refractivity contribution in [3.63, 3.8) is 0 Å². The molecule has 1 aliphatic carbocycles. The standard InChI is InChI=1S/C15H23N/c1-13(14-8-4-2-5-9-14)12-16-15-10-6-3-7-11-15/h2,4-5,8-9,13,15-16H,3,6-7,10-12H2,1H3/t13-/m0/s1. The minimum Gasteiger partial charge on any atom is -0.313 e. The van der Waals surface area contributed by atoms with Crippen molar-refractivity contribution in [2.24, 2.45) is 0 Å². The molecule has 0 saturated heterocycles. The van der Waals surface area contributed by atoms with Crippen molar-refractivity contribution in [2.75, 3.05) is 6.54 Å². The highest BCUT2D eigenvalue weighted by Gasteiger charge is 2.13. The van der Waals surface area contributed by atoms with Crippen molar-refractivity contribution < 1.29 is 0 Å². The van der Waals surface area contributed by atoms with Crippen LogP contribution in [0.3, 0.4) is 0 Å². The first-order chi connectivity index (χ1) is 7.86. The van der Waals surface area contributed by atoms with Crippen molar-refractivity contribution >= 4 is 0 Å². The largest absolute Gasteiger partial charge is 0.313 e. The Hall–Kier alpha value is -0.820. The van der Waals surface area contributed by atoms with E-state index in [-0.39, 0.29) is 0 Å². The monoisotopic (exact) mass is 217 g/mol. The van der Waals surface area contributed by atoms with Gasteiger partial charge in [0.1, 0.15) is 0 Å². The maximum atomic E-state index is 3.72. The Balaban J connectivity index is 1.77. The van der Waals surface area contributed by atoms with E-state index in [0.717, 1.165) is 12.6 Å². The second kappa shape index (κ2) is 6.05. The van der Waals surface area contributed by atoms with Crippen LogP contribution in [0, 0.1) is 0 Å². The molecule has 1 aromatic rings. The Morgan fingerprint density at radius 3 is 2.50 bits per heavy atom. The first kappa shape index (κ1) is 11.7. The number of hydrogen-bond donors (Lipinski definition) is 1. The highest BCUT2D eigenvalue weighted by atomic mass is 14.9. The van der Waals surface area contributed by atoms with E-state index in [2.05, 4.69) is 42.6 Å². The zero-order valence-electron chi connectivity index (χ0n) is 10.3. The second-order valence-corrected chi connectivity index (χ2v) is 5.05. The van der Waals surface area contributed by atoms with Gasteiger partial charge in [0.2, 0.25) is 0 Å². The first-order valence-electron chi connectivity index (χ1n) is 6.64. The van der Waals surface area contributed by atoms with Gasteiger partial charge in [-0.15, -0.1) is 0 Å². The minimum absolute atomic E-state index is 0.628. The molecule has 1 nitrogen and oxygen atoms in total. The minimum atomic E-state index is 0.628. The third-order valence-electron chi connectivity index (χ3n) is 3.69. The van der Waals surface area contributed by atoms with E-state index in [9.17, 15) is 0 Å². The molecule has 0 spiro atoms. The molecule has 0 radical (unpaired) electrons. The van der Waals surface area contributed by atoms with E-state index in [1.54, 1.807) is 0 Å². The summed E-state index contributed by atoms with van der Waals surface area (Å²) >= 11 is 0. The summed E-state index contributed by atoms with van der Waals surface area (Å²) in [6, 6.07) is 11.6. The van der Waals surface area contributed by atoms with Gasteiger partial charge in [0.15, 0.2) is 0 Å². The van der Waals surface area contributed by atoms with Gasteiger partial charge in [0, 0.05) is 12.6 Å². The van der Waals surface area contributed by atoms with Crippen LogP contribution in [0.2, 0.25) is 0 Å². The van der Waals surface area contributed by atoms with Crippen molar-refractivity contribution in [2.45, 2.75) is 51.0 Å². The van der Waals surface area contributed by atoms with Crippen LogP contribution in [0.4, 0.5) is 0 Å². The van der Waals surface area contributed by atoms with Gasteiger partial charge in [-0.3, -0.25) is 0 Å². The SMILES string of the molecule is C[C@@H](CNC1CCCCC1)c1ccccc1. The van der Waals surface area contributed by atoms with Crippen molar-refractivity contribution in [3.8, 4) is 0 Å². The lowest BCUT2D eigenvalue weighted by molar-refractivity contribution is 0.367. The summed E-state index contributed by atoms with van der Waals surface area (Å²) in [7, 11) is 0. The Morgan fingerprint density at radius 1 is 1.12 bits per heavy atom. The summed E-state index contributed by atoms with van der Waals surface area (Å²) in [5.41, 5.74) is 1.45. The highest BCUT2D eigenvalue weighted by Crippen LogP contribution is 2.19. The summed E-state index contributed by atoms with van der Waals surface area (Å²) in [5, 5.41) is 3.72. The maximum absolute atomic E-state index is 3.72. The van der Waals surface area contributed by atoms with Gasteiger partial charge >= 0.3 is 0 Å². The lowest BCUT2D eigenvalue weighted by Gasteiger charge is -2.24. The Labute approximate surface area is 99.3 Å². The Kier molecular flexibility index (Phi) is 4.41. The van der Waals surface area contributed by atoms with Gasteiger partial charge in [0.25, 0.3) is 0 Å². The number of rotatable bonds is 4. The summed E-state index contributed by atoms with van der Waals surface area (Å²) in [6.45, 7) is 3.43. The summed E-state index contributed by atoms with van der Waals surface area (Å²) in [5.74, 6) is 0.628. The first-order valence-corrected chi connectivity index (χ1v) is 6.64. The zero-order valence-corrected chi connectivity index (χ0v) is 10.3. The van der Waals surface area contributed by atoms with Crippen LogP contribution in [-0.2, 0) is 0 Å². The van der Waals surface area contributed by atoms with Crippen molar-refractivity contribution in [1.29, 1.82) is 0 Å². The molecule has 88 valence electrons. The number of benzene rings is 1. The lowest BCUT2D eigenvalue weighted by atomic mass is 9.94. The van der Waals surface area contributed by atoms with Gasteiger partial charge in [-0.25, -0.2) is 0 Å².